The minimum Gasteiger partial charge on any atom is -0.454 e. The molecule has 0 spiro atoms. The molecule has 1 aromatic carbocycles. The first-order chi connectivity index (χ1) is 16.1. The van der Waals surface area contributed by atoms with Gasteiger partial charge in [-0.25, -0.2) is 9.38 Å². The van der Waals surface area contributed by atoms with Gasteiger partial charge in [-0.1, -0.05) is 50.1 Å². The number of aryl methyl sites for hydroxylation is 2. The number of nitrogens with zero attached hydrogens (tertiary/aromatic N) is 6. The molecular formula is C22H25BrN8O2. The predicted octanol–water partition coefficient (Wildman–Crippen LogP) is 3.15. The summed E-state index contributed by atoms with van der Waals surface area (Å²) >= 11 is 3.36. The minimum absolute atomic E-state index is 0.203. The fraction of sp³-hybridized carbons (Fsp3) is 0.409. The number of aromatic nitrogens is 6. The lowest BCUT2D eigenvalue weighted by Gasteiger charge is -2.11. The normalized spacial score (nSPS) is 15.7. The van der Waals surface area contributed by atoms with Gasteiger partial charge in [-0.2, -0.15) is 0 Å². The molecule has 1 aliphatic heterocycles. The maximum absolute atomic E-state index is 13.2. The number of imidazole rings is 1. The van der Waals surface area contributed by atoms with Crippen molar-refractivity contribution in [1.82, 2.24) is 34.6 Å². The first-order valence-electron chi connectivity index (χ1n) is 11.2. The molecule has 0 fully saturated rings. The highest BCUT2D eigenvalue weighted by molar-refractivity contribution is 9.10. The highest BCUT2D eigenvalue weighted by atomic mass is 79.9. The summed E-state index contributed by atoms with van der Waals surface area (Å²) in [7, 11) is 0. The van der Waals surface area contributed by atoms with Crippen LogP contribution in [-0.2, 0) is 24.1 Å². The van der Waals surface area contributed by atoms with E-state index in [1.807, 2.05) is 34.9 Å². The van der Waals surface area contributed by atoms with Crippen molar-refractivity contribution in [3.63, 3.8) is 0 Å². The average Bonchev–Trinajstić information content (AvgIpc) is 3.54. The topological polar surface area (TPSA) is 114 Å². The Bertz CT molecular complexity index is 1360. The van der Waals surface area contributed by atoms with Crippen molar-refractivity contribution in [3.05, 3.63) is 56.8 Å². The SMILES string of the molecule is CCCCCn1c2nc(Br)[nH]c2c(=O)n2c(CCC3NN=C(Cc4ccccc4)O3)nnc12. The Balaban J connectivity index is 1.35. The second-order valence-corrected chi connectivity index (χ2v) is 8.84. The molecule has 4 aromatic rings. The van der Waals surface area contributed by atoms with Crippen LogP contribution in [0.15, 0.2) is 45.0 Å². The van der Waals surface area contributed by atoms with E-state index < -0.39 is 0 Å². The van der Waals surface area contributed by atoms with Crippen LogP contribution in [0.25, 0.3) is 16.9 Å². The van der Waals surface area contributed by atoms with Crippen LogP contribution < -0.4 is 11.0 Å². The minimum atomic E-state index is -0.270. The Kier molecular flexibility index (Phi) is 6.12. The van der Waals surface area contributed by atoms with Gasteiger partial charge in [-0.05, 0) is 27.9 Å². The summed E-state index contributed by atoms with van der Waals surface area (Å²) in [6.45, 7) is 2.87. The van der Waals surface area contributed by atoms with E-state index in [1.54, 1.807) is 4.40 Å². The molecule has 1 unspecified atom stereocenters. The largest absolute Gasteiger partial charge is 0.454 e. The second kappa shape index (κ2) is 9.34. The summed E-state index contributed by atoms with van der Waals surface area (Å²) in [5.74, 6) is 1.76. The van der Waals surface area contributed by atoms with E-state index in [-0.39, 0.29) is 11.8 Å². The number of nitrogens with one attached hydrogen (secondary N) is 2. The molecule has 5 rings (SSSR count). The third-order valence-electron chi connectivity index (χ3n) is 5.71. The third kappa shape index (κ3) is 4.37. The van der Waals surface area contributed by atoms with Crippen molar-refractivity contribution < 1.29 is 4.74 Å². The van der Waals surface area contributed by atoms with Crippen LogP contribution in [0.4, 0.5) is 0 Å². The Morgan fingerprint density at radius 2 is 2.03 bits per heavy atom. The van der Waals surface area contributed by atoms with Crippen molar-refractivity contribution in [2.75, 3.05) is 0 Å². The van der Waals surface area contributed by atoms with Crippen molar-refractivity contribution in [2.45, 2.75) is 58.2 Å². The van der Waals surface area contributed by atoms with E-state index in [0.29, 0.717) is 59.2 Å². The van der Waals surface area contributed by atoms with Crippen LogP contribution in [0.1, 0.15) is 44.0 Å². The second-order valence-electron chi connectivity index (χ2n) is 8.08. The van der Waals surface area contributed by atoms with Crippen molar-refractivity contribution in [1.29, 1.82) is 0 Å². The van der Waals surface area contributed by atoms with E-state index in [4.69, 9.17) is 4.74 Å². The molecule has 0 saturated carbocycles. The molecular weight excluding hydrogens is 488 g/mol. The van der Waals surface area contributed by atoms with Crippen molar-refractivity contribution >= 4 is 38.8 Å². The third-order valence-corrected chi connectivity index (χ3v) is 6.08. The highest BCUT2D eigenvalue weighted by Gasteiger charge is 2.23. The van der Waals surface area contributed by atoms with Crippen LogP contribution in [0.5, 0.6) is 0 Å². The number of rotatable bonds is 9. The molecule has 0 saturated heterocycles. The molecule has 0 amide bonds. The molecule has 0 bridgehead atoms. The van der Waals surface area contributed by atoms with E-state index in [9.17, 15) is 4.79 Å². The number of unbranched alkanes of at least 4 members (excludes halogenated alkanes) is 2. The molecule has 4 heterocycles. The van der Waals surface area contributed by atoms with Crippen LogP contribution in [-0.4, -0.2) is 41.3 Å². The summed E-state index contributed by atoms with van der Waals surface area (Å²) in [6, 6.07) is 10.1. The van der Waals surface area contributed by atoms with Gasteiger partial charge in [0.25, 0.3) is 5.56 Å². The zero-order chi connectivity index (χ0) is 22.8. The molecule has 3 aromatic heterocycles. The standard InChI is InChI=1S/C22H25BrN8O2/c1-2-3-7-12-30-19-18(24-21(23)25-19)20(32)31-15(26-29-22(30)31)10-11-16-27-28-17(33-16)13-14-8-5-4-6-9-14/h4-6,8-9,16,27H,2-3,7,10-13H2,1H3,(H,24,25). The molecule has 10 nitrogen and oxygen atoms in total. The summed E-state index contributed by atoms with van der Waals surface area (Å²) in [5, 5.41) is 13.0. The number of fused-ring (bicyclic) bond motifs is 2. The molecule has 1 atom stereocenters. The van der Waals surface area contributed by atoms with Gasteiger partial charge >= 0.3 is 0 Å². The number of hydrazone groups is 1. The number of hydrogen-bond acceptors (Lipinski definition) is 7. The number of halogens is 1. The zero-order valence-corrected chi connectivity index (χ0v) is 19.9. The summed E-state index contributed by atoms with van der Waals surface area (Å²) in [5.41, 5.74) is 5.00. The number of hydrogen-bond donors (Lipinski definition) is 2. The van der Waals surface area contributed by atoms with Gasteiger partial charge in [0, 0.05) is 19.4 Å². The van der Waals surface area contributed by atoms with Crippen molar-refractivity contribution in [2.24, 2.45) is 5.10 Å². The number of aromatic amines is 1. The van der Waals surface area contributed by atoms with E-state index in [1.165, 1.54) is 0 Å². The summed E-state index contributed by atoms with van der Waals surface area (Å²) in [4.78, 5) is 20.7. The number of H-pyrrole nitrogens is 1. The molecule has 33 heavy (non-hydrogen) atoms. The lowest BCUT2D eigenvalue weighted by molar-refractivity contribution is 0.173. The van der Waals surface area contributed by atoms with Crippen LogP contribution in [0.3, 0.4) is 0 Å². The Morgan fingerprint density at radius 3 is 2.85 bits per heavy atom. The van der Waals surface area contributed by atoms with Crippen LogP contribution in [0.2, 0.25) is 0 Å². The molecule has 11 heteroatoms. The molecule has 172 valence electrons. The van der Waals surface area contributed by atoms with Gasteiger partial charge in [-0.3, -0.25) is 14.8 Å². The monoisotopic (exact) mass is 512 g/mol. The van der Waals surface area contributed by atoms with E-state index >= 15 is 0 Å². The lowest BCUT2D eigenvalue weighted by Crippen LogP contribution is -2.25. The van der Waals surface area contributed by atoms with Crippen LogP contribution >= 0.6 is 15.9 Å². The maximum atomic E-state index is 13.2. The molecule has 0 aliphatic carbocycles. The lowest BCUT2D eigenvalue weighted by atomic mass is 10.1. The highest BCUT2D eigenvalue weighted by Crippen LogP contribution is 2.18. The number of benzene rings is 1. The van der Waals surface area contributed by atoms with Crippen LogP contribution in [0, 0.1) is 0 Å². The van der Waals surface area contributed by atoms with Gasteiger partial charge in [0.1, 0.15) is 5.82 Å². The first-order valence-corrected chi connectivity index (χ1v) is 12.0. The van der Waals surface area contributed by atoms with Gasteiger partial charge in [0.05, 0.1) is 6.42 Å². The molecule has 0 radical (unpaired) electrons. The van der Waals surface area contributed by atoms with Gasteiger partial charge in [-0.15, -0.1) is 15.3 Å². The molecule has 1 aliphatic rings. The zero-order valence-electron chi connectivity index (χ0n) is 18.3. The average molecular weight is 513 g/mol. The Labute approximate surface area is 198 Å². The Morgan fingerprint density at radius 1 is 1.18 bits per heavy atom. The van der Waals surface area contributed by atoms with E-state index in [0.717, 1.165) is 24.8 Å². The van der Waals surface area contributed by atoms with Crippen molar-refractivity contribution in [3.8, 4) is 0 Å². The fourth-order valence-electron chi connectivity index (χ4n) is 4.06. The van der Waals surface area contributed by atoms with Gasteiger partial charge in [0.2, 0.25) is 11.7 Å². The van der Waals surface area contributed by atoms with Gasteiger partial charge < -0.3 is 9.72 Å². The fourth-order valence-corrected chi connectivity index (χ4v) is 4.43. The summed E-state index contributed by atoms with van der Waals surface area (Å²) in [6.07, 6.45) is 4.63. The number of ether oxygens (including phenoxy) is 1. The summed E-state index contributed by atoms with van der Waals surface area (Å²) < 4.78 is 10.0. The Hall–Kier alpha value is -3.21. The van der Waals surface area contributed by atoms with E-state index in [2.05, 4.69) is 53.5 Å². The quantitative estimate of drug-likeness (QED) is 0.263. The maximum Gasteiger partial charge on any atom is 0.286 e. The molecule has 2 N–H and O–H groups in total. The first kappa shape index (κ1) is 21.6. The smallest absolute Gasteiger partial charge is 0.286 e. The van der Waals surface area contributed by atoms with Gasteiger partial charge in [0.15, 0.2) is 22.1 Å². The predicted molar refractivity (Wildman–Crippen MR) is 128 cm³/mol.